The molecule has 1 aliphatic rings. The summed E-state index contributed by atoms with van der Waals surface area (Å²) in [4.78, 5) is 0. The van der Waals surface area contributed by atoms with Crippen molar-refractivity contribution in [1.29, 1.82) is 0 Å². The molecule has 1 N–H and O–H groups in total. The van der Waals surface area contributed by atoms with Gasteiger partial charge in [-0.15, -0.1) is 0 Å². The van der Waals surface area contributed by atoms with Crippen molar-refractivity contribution in [2.45, 2.75) is 6.42 Å². The number of para-hydroxylation sites is 1. The van der Waals surface area contributed by atoms with Crippen molar-refractivity contribution in [2.75, 3.05) is 5.43 Å². The Kier molecular flexibility index (Phi) is 4.58. The van der Waals surface area contributed by atoms with Gasteiger partial charge in [0.1, 0.15) is 0 Å². The molecule has 0 bridgehead atoms. The maximum Gasteiger partial charge on any atom is 0.0994 e. The zero-order valence-electron chi connectivity index (χ0n) is 12.8. The first-order valence-electron chi connectivity index (χ1n) is 7.68. The molecule has 4 rings (SSSR count). The van der Waals surface area contributed by atoms with Crippen molar-refractivity contribution in [3.8, 4) is 0 Å². The summed E-state index contributed by atoms with van der Waals surface area (Å²) in [5, 5.41) is 4.80. The molecular weight excluding hydrogens is 522 g/mol. The molecule has 3 aromatic rings. The highest BCUT2D eigenvalue weighted by atomic mass is 127. The van der Waals surface area contributed by atoms with E-state index in [2.05, 4.69) is 87.0 Å². The quantitative estimate of drug-likeness (QED) is 0.260. The van der Waals surface area contributed by atoms with Crippen molar-refractivity contribution in [1.82, 2.24) is 0 Å². The van der Waals surface area contributed by atoms with Crippen LogP contribution in [-0.4, -0.2) is 5.71 Å². The van der Waals surface area contributed by atoms with Gasteiger partial charge >= 0.3 is 0 Å². The standard InChI is InChI=1S/C20H14I2N2/c21-17-10-5-9-15-16(17)12-13-6-4-11-18(22)19(13)20(15)24-23-14-7-2-1-3-8-14/h1-11,23H,12H2/b24-20+. The maximum absolute atomic E-state index is 4.80. The van der Waals surface area contributed by atoms with E-state index in [0.29, 0.717) is 0 Å². The fourth-order valence-electron chi connectivity index (χ4n) is 3.02. The second-order valence-electron chi connectivity index (χ2n) is 5.65. The summed E-state index contributed by atoms with van der Waals surface area (Å²) < 4.78 is 2.53. The Morgan fingerprint density at radius 3 is 2.38 bits per heavy atom. The smallest absolute Gasteiger partial charge is 0.0994 e. The van der Waals surface area contributed by atoms with Gasteiger partial charge in [-0.05, 0) is 87.0 Å². The van der Waals surface area contributed by atoms with E-state index in [9.17, 15) is 0 Å². The Morgan fingerprint density at radius 1 is 0.792 bits per heavy atom. The molecule has 24 heavy (non-hydrogen) atoms. The molecule has 0 heterocycles. The lowest BCUT2D eigenvalue weighted by Crippen LogP contribution is -2.19. The average Bonchev–Trinajstić information content (AvgIpc) is 2.61. The third-order valence-corrected chi connectivity index (χ3v) is 6.06. The lowest BCUT2D eigenvalue weighted by atomic mass is 9.84. The van der Waals surface area contributed by atoms with E-state index in [1.807, 2.05) is 30.3 Å². The first kappa shape index (κ1) is 16.1. The summed E-state index contributed by atoms with van der Waals surface area (Å²) in [5.41, 5.74) is 10.4. The van der Waals surface area contributed by atoms with Gasteiger partial charge < -0.3 is 0 Å². The van der Waals surface area contributed by atoms with Crippen molar-refractivity contribution in [3.05, 3.63) is 96.1 Å². The van der Waals surface area contributed by atoms with Crippen LogP contribution in [0.1, 0.15) is 22.3 Å². The molecule has 0 spiro atoms. The predicted molar refractivity (Wildman–Crippen MR) is 117 cm³/mol. The van der Waals surface area contributed by atoms with E-state index >= 15 is 0 Å². The summed E-state index contributed by atoms with van der Waals surface area (Å²) in [6.07, 6.45) is 0.963. The Morgan fingerprint density at radius 2 is 1.54 bits per heavy atom. The minimum Gasteiger partial charge on any atom is -0.278 e. The lowest BCUT2D eigenvalue weighted by molar-refractivity contribution is 1.12. The van der Waals surface area contributed by atoms with Crippen molar-refractivity contribution in [3.63, 3.8) is 0 Å². The number of hydrogen-bond acceptors (Lipinski definition) is 2. The first-order valence-corrected chi connectivity index (χ1v) is 9.84. The largest absolute Gasteiger partial charge is 0.278 e. The Balaban J connectivity index is 1.88. The van der Waals surface area contributed by atoms with Crippen LogP contribution in [0.25, 0.3) is 0 Å². The number of nitrogens with zero attached hydrogens (tertiary/aromatic N) is 1. The van der Waals surface area contributed by atoms with Crippen molar-refractivity contribution < 1.29 is 0 Å². The number of anilines is 1. The molecule has 0 fully saturated rings. The van der Waals surface area contributed by atoms with E-state index in [0.717, 1.165) is 17.8 Å². The minimum absolute atomic E-state index is 0.963. The molecule has 0 saturated carbocycles. The van der Waals surface area contributed by atoms with Crippen LogP contribution < -0.4 is 5.43 Å². The summed E-state index contributed by atoms with van der Waals surface area (Å²) >= 11 is 4.83. The normalized spacial score (nSPS) is 14.2. The molecule has 0 aliphatic heterocycles. The molecule has 0 atom stereocenters. The van der Waals surface area contributed by atoms with Crippen LogP contribution in [-0.2, 0) is 6.42 Å². The van der Waals surface area contributed by atoms with Gasteiger partial charge in [0, 0.05) is 18.3 Å². The molecule has 4 heteroatoms. The fraction of sp³-hybridized carbons (Fsp3) is 0.0500. The third kappa shape index (κ3) is 2.97. The van der Waals surface area contributed by atoms with Gasteiger partial charge in [0.2, 0.25) is 0 Å². The van der Waals surface area contributed by atoms with Gasteiger partial charge in [-0.1, -0.05) is 42.5 Å². The van der Waals surface area contributed by atoms with E-state index in [4.69, 9.17) is 5.10 Å². The number of nitrogens with one attached hydrogen (secondary N) is 1. The SMILES string of the molecule is Ic1cccc2c1Cc1cccc(I)c1/C2=N/Nc1ccccc1. The van der Waals surface area contributed by atoms with Gasteiger partial charge in [0.15, 0.2) is 0 Å². The lowest BCUT2D eigenvalue weighted by Gasteiger charge is -2.23. The molecule has 0 aromatic heterocycles. The molecular formula is C20H14I2N2. The highest BCUT2D eigenvalue weighted by Gasteiger charge is 2.25. The van der Waals surface area contributed by atoms with E-state index in [1.165, 1.54) is 29.4 Å². The van der Waals surface area contributed by atoms with Crippen LogP contribution in [0.3, 0.4) is 0 Å². The number of hydrazone groups is 1. The van der Waals surface area contributed by atoms with E-state index in [-0.39, 0.29) is 0 Å². The average molecular weight is 536 g/mol. The number of fused-ring (bicyclic) bond motifs is 2. The second kappa shape index (κ2) is 6.84. The summed E-state index contributed by atoms with van der Waals surface area (Å²) in [7, 11) is 0. The van der Waals surface area contributed by atoms with Crippen LogP contribution in [0.5, 0.6) is 0 Å². The maximum atomic E-state index is 4.80. The van der Waals surface area contributed by atoms with Crippen molar-refractivity contribution >= 4 is 56.6 Å². The predicted octanol–water partition coefficient (Wildman–Crippen LogP) is 5.66. The number of halogens is 2. The van der Waals surface area contributed by atoms with Gasteiger partial charge in [0.25, 0.3) is 0 Å². The highest BCUT2D eigenvalue weighted by Crippen LogP contribution is 2.33. The van der Waals surface area contributed by atoms with Gasteiger partial charge in [-0.25, -0.2) is 0 Å². The summed E-state index contributed by atoms with van der Waals surface area (Å²) in [6.45, 7) is 0. The molecule has 0 unspecified atom stereocenters. The van der Waals surface area contributed by atoms with E-state index < -0.39 is 0 Å². The zero-order chi connectivity index (χ0) is 16.5. The molecule has 118 valence electrons. The number of benzene rings is 3. The minimum atomic E-state index is 0.963. The number of hydrogen-bond donors (Lipinski definition) is 1. The first-order chi connectivity index (χ1) is 11.7. The second-order valence-corrected chi connectivity index (χ2v) is 7.98. The zero-order valence-corrected chi connectivity index (χ0v) is 17.1. The topological polar surface area (TPSA) is 24.4 Å². The van der Waals surface area contributed by atoms with Gasteiger partial charge in [0.05, 0.1) is 11.4 Å². The Bertz CT molecular complexity index is 934. The molecule has 2 nitrogen and oxygen atoms in total. The van der Waals surface area contributed by atoms with Gasteiger partial charge in [-0.3, -0.25) is 5.43 Å². The molecule has 0 radical (unpaired) electrons. The molecule has 0 saturated heterocycles. The van der Waals surface area contributed by atoms with Crippen LogP contribution in [0, 0.1) is 7.14 Å². The fourth-order valence-corrected chi connectivity index (χ4v) is 4.51. The summed E-state index contributed by atoms with van der Waals surface area (Å²) in [6, 6.07) is 23.0. The van der Waals surface area contributed by atoms with Crippen LogP contribution in [0.4, 0.5) is 5.69 Å². The van der Waals surface area contributed by atoms with Gasteiger partial charge in [-0.2, -0.15) is 5.10 Å². The monoisotopic (exact) mass is 536 g/mol. The van der Waals surface area contributed by atoms with Crippen LogP contribution >= 0.6 is 45.2 Å². The number of rotatable bonds is 2. The van der Waals surface area contributed by atoms with Crippen molar-refractivity contribution in [2.24, 2.45) is 5.10 Å². The Labute approximate surface area is 168 Å². The molecule has 3 aromatic carbocycles. The van der Waals surface area contributed by atoms with Crippen LogP contribution in [0.2, 0.25) is 0 Å². The third-order valence-electron chi connectivity index (χ3n) is 4.15. The highest BCUT2D eigenvalue weighted by molar-refractivity contribution is 14.1. The molecule has 0 amide bonds. The summed E-state index contributed by atoms with van der Waals surface area (Å²) in [5.74, 6) is 0. The molecule has 1 aliphatic carbocycles. The Hall–Kier alpha value is -1.41. The van der Waals surface area contributed by atoms with E-state index in [1.54, 1.807) is 0 Å². The van der Waals surface area contributed by atoms with Crippen LogP contribution in [0.15, 0.2) is 71.8 Å².